The number of alkyl carbamates (subject to hydrolysis) is 1. The predicted molar refractivity (Wildman–Crippen MR) is 112 cm³/mol. The zero-order chi connectivity index (χ0) is 24.3. The van der Waals surface area contributed by atoms with Gasteiger partial charge in [0.05, 0.1) is 6.04 Å². The number of halogens is 4. The van der Waals surface area contributed by atoms with Crippen molar-refractivity contribution in [2.75, 3.05) is 19.6 Å². The normalized spacial score (nSPS) is 20.4. The maximum atomic E-state index is 13.6. The van der Waals surface area contributed by atoms with Crippen molar-refractivity contribution in [3.8, 4) is 11.5 Å². The van der Waals surface area contributed by atoms with Gasteiger partial charge in [0.25, 0.3) is 0 Å². The van der Waals surface area contributed by atoms with Gasteiger partial charge in [0.1, 0.15) is 12.7 Å². The fraction of sp³-hybridized carbons (Fsp3) is 0.435. The minimum atomic E-state index is -4.88. The quantitative estimate of drug-likeness (QED) is 0.577. The monoisotopic (exact) mass is 484 g/mol. The lowest BCUT2D eigenvalue weighted by molar-refractivity contribution is -0.391. The summed E-state index contributed by atoms with van der Waals surface area (Å²) in [5.74, 6) is -1.22. The number of ether oxygens (including phenoxy) is 3. The smallest absolute Gasteiger partial charge is 0.445 e. The van der Waals surface area contributed by atoms with Crippen molar-refractivity contribution in [2.45, 2.75) is 43.8 Å². The van der Waals surface area contributed by atoms with Gasteiger partial charge in [-0.25, -0.2) is 4.79 Å². The van der Waals surface area contributed by atoms with Crippen molar-refractivity contribution >= 4 is 6.09 Å². The highest BCUT2D eigenvalue weighted by Gasteiger charge is 2.66. The third-order valence-corrected chi connectivity index (χ3v) is 5.68. The Bertz CT molecular complexity index is 1000. The molecule has 7 nitrogen and oxygen atoms in total. The van der Waals surface area contributed by atoms with Gasteiger partial charge < -0.3 is 29.5 Å². The van der Waals surface area contributed by atoms with Gasteiger partial charge in [-0.2, -0.15) is 17.6 Å². The Morgan fingerprint density at radius 3 is 2.35 bits per heavy atom. The Balaban J connectivity index is 1.49. The highest BCUT2D eigenvalue weighted by molar-refractivity contribution is 5.67. The second-order valence-electron chi connectivity index (χ2n) is 8.21. The molecule has 184 valence electrons. The molecule has 0 aromatic heterocycles. The second-order valence-corrected chi connectivity index (χ2v) is 8.21. The van der Waals surface area contributed by atoms with Gasteiger partial charge in [-0.15, -0.1) is 0 Å². The van der Waals surface area contributed by atoms with E-state index in [9.17, 15) is 27.5 Å². The van der Waals surface area contributed by atoms with Crippen LogP contribution in [0, 0.1) is 0 Å². The van der Waals surface area contributed by atoms with Crippen LogP contribution >= 0.6 is 0 Å². The molecule has 34 heavy (non-hydrogen) atoms. The molecule has 0 spiro atoms. The van der Waals surface area contributed by atoms with Crippen LogP contribution in [0.5, 0.6) is 11.5 Å². The van der Waals surface area contributed by atoms with Gasteiger partial charge >= 0.3 is 18.3 Å². The lowest BCUT2D eigenvalue weighted by Gasteiger charge is -2.33. The number of aliphatic hydroxyl groups excluding tert-OH is 1. The Kier molecular flexibility index (Phi) is 6.85. The molecule has 0 radical (unpaired) electrons. The van der Waals surface area contributed by atoms with E-state index in [0.29, 0.717) is 0 Å². The van der Waals surface area contributed by atoms with Crippen molar-refractivity contribution < 1.29 is 41.7 Å². The van der Waals surface area contributed by atoms with Crippen molar-refractivity contribution in [3.63, 3.8) is 0 Å². The molecular formula is C23H24F4N2O5. The largest absolute Gasteiger partial charge is 0.507 e. The summed E-state index contributed by atoms with van der Waals surface area (Å²) in [7, 11) is 0. The first kappa shape index (κ1) is 24.1. The minimum absolute atomic E-state index is 0.0204. The third-order valence-electron chi connectivity index (χ3n) is 5.68. The van der Waals surface area contributed by atoms with E-state index in [4.69, 9.17) is 4.74 Å². The van der Waals surface area contributed by atoms with Gasteiger partial charge in [0, 0.05) is 6.54 Å². The first-order valence-electron chi connectivity index (χ1n) is 10.8. The fourth-order valence-electron chi connectivity index (χ4n) is 3.88. The molecule has 2 aromatic carbocycles. The molecule has 1 amide bonds. The number of hydrogen-bond acceptors (Lipinski definition) is 6. The van der Waals surface area contributed by atoms with Crippen LogP contribution in [0.15, 0.2) is 48.5 Å². The molecule has 1 fully saturated rings. The third kappa shape index (κ3) is 5.36. The number of rotatable bonds is 7. The molecule has 0 bridgehead atoms. The lowest BCUT2D eigenvalue weighted by Crippen LogP contribution is -2.52. The number of fused-ring (bicyclic) bond motifs is 1. The van der Waals surface area contributed by atoms with Crippen LogP contribution in [-0.4, -0.2) is 54.0 Å². The van der Waals surface area contributed by atoms with E-state index >= 15 is 0 Å². The number of carbonyl (C=O) groups is 1. The number of carbonyl (C=O) groups excluding carboxylic acids is 1. The topological polar surface area (TPSA) is 80.3 Å². The summed E-state index contributed by atoms with van der Waals surface area (Å²) in [4.78, 5) is 14.5. The van der Waals surface area contributed by atoms with Gasteiger partial charge in [0.2, 0.25) is 0 Å². The van der Waals surface area contributed by atoms with E-state index in [-0.39, 0.29) is 18.7 Å². The summed E-state index contributed by atoms with van der Waals surface area (Å²) in [6, 6.07) is 11.4. The predicted octanol–water partition coefficient (Wildman–Crippen LogP) is 4.07. The molecule has 2 aromatic rings. The highest BCUT2D eigenvalue weighted by atomic mass is 19.3. The standard InChI is InChI=1S/C23H24F4N2O5/c24-22(25)23(26,27)34-19-12-16(8-9-18(19)33-22)20(30)17(13-29-10-4-5-11-29)28-21(31)32-14-15-6-2-1-3-7-15/h1-3,6-9,12,17,20,30H,4-5,10-11,13-14H2,(H,28,31)/t17-,20-/m1/s1. The van der Waals surface area contributed by atoms with Crippen molar-refractivity contribution in [3.05, 3.63) is 59.7 Å². The molecule has 2 atom stereocenters. The Labute approximate surface area is 193 Å². The zero-order valence-corrected chi connectivity index (χ0v) is 18.1. The van der Waals surface area contributed by atoms with E-state index in [1.807, 2.05) is 11.0 Å². The number of amides is 1. The first-order valence-corrected chi connectivity index (χ1v) is 10.8. The molecule has 0 saturated carbocycles. The van der Waals surface area contributed by atoms with Crippen molar-refractivity contribution in [2.24, 2.45) is 0 Å². The summed E-state index contributed by atoms with van der Waals surface area (Å²) < 4.78 is 67.5. The molecule has 0 aliphatic carbocycles. The molecule has 11 heteroatoms. The van der Waals surface area contributed by atoms with Crippen LogP contribution in [0.4, 0.5) is 22.4 Å². The number of aliphatic hydroxyl groups is 1. The minimum Gasteiger partial charge on any atom is -0.445 e. The number of alkyl halides is 4. The Morgan fingerprint density at radius 1 is 1.03 bits per heavy atom. The van der Waals surface area contributed by atoms with Gasteiger partial charge in [-0.3, -0.25) is 0 Å². The maximum Gasteiger partial charge on any atom is 0.507 e. The molecule has 2 N–H and O–H groups in total. The Hall–Kier alpha value is -3.05. The number of benzene rings is 2. The summed E-state index contributed by atoms with van der Waals surface area (Å²) in [5.41, 5.74) is 0.856. The second kappa shape index (κ2) is 9.67. The average molecular weight is 484 g/mol. The summed E-state index contributed by atoms with van der Waals surface area (Å²) in [6.45, 7) is 1.83. The van der Waals surface area contributed by atoms with Gasteiger partial charge in [0.15, 0.2) is 11.5 Å². The first-order chi connectivity index (χ1) is 16.1. The molecule has 2 heterocycles. The number of nitrogens with one attached hydrogen (secondary N) is 1. The van der Waals surface area contributed by atoms with Crippen LogP contribution in [0.1, 0.15) is 30.1 Å². The van der Waals surface area contributed by atoms with Gasteiger partial charge in [-0.1, -0.05) is 36.4 Å². The van der Waals surface area contributed by atoms with E-state index < -0.39 is 42.0 Å². The van der Waals surface area contributed by atoms with Crippen molar-refractivity contribution in [1.29, 1.82) is 0 Å². The van der Waals surface area contributed by atoms with Crippen LogP contribution < -0.4 is 14.8 Å². The molecule has 1 saturated heterocycles. The fourth-order valence-corrected chi connectivity index (χ4v) is 3.88. The van der Waals surface area contributed by atoms with Crippen LogP contribution in [-0.2, 0) is 11.3 Å². The zero-order valence-electron chi connectivity index (χ0n) is 18.1. The number of hydrogen-bond donors (Lipinski definition) is 2. The lowest BCUT2D eigenvalue weighted by atomic mass is 10.0. The molecule has 2 aliphatic heterocycles. The molecular weight excluding hydrogens is 460 g/mol. The van der Waals surface area contributed by atoms with E-state index in [0.717, 1.165) is 43.6 Å². The molecule has 2 aliphatic rings. The SMILES string of the molecule is O=C(N[C@H](CN1CCCC1)[C@H](O)c1ccc2c(c1)OC(F)(F)C(F)(F)O2)OCc1ccccc1. The summed E-state index contributed by atoms with van der Waals surface area (Å²) in [5, 5.41) is 13.6. The highest BCUT2D eigenvalue weighted by Crippen LogP contribution is 2.47. The number of nitrogens with zero attached hydrogens (tertiary/aromatic N) is 1. The van der Waals surface area contributed by atoms with E-state index in [1.165, 1.54) is 6.07 Å². The Morgan fingerprint density at radius 2 is 1.68 bits per heavy atom. The van der Waals surface area contributed by atoms with Crippen molar-refractivity contribution in [1.82, 2.24) is 10.2 Å². The van der Waals surface area contributed by atoms with Gasteiger partial charge in [-0.05, 0) is 49.2 Å². The number of likely N-dealkylation sites (tertiary alicyclic amines) is 1. The van der Waals surface area contributed by atoms with E-state index in [2.05, 4.69) is 14.8 Å². The van der Waals surface area contributed by atoms with E-state index in [1.54, 1.807) is 24.3 Å². The average Bonchev–Trinajstić information content (AvgIpc) is 3.31. The maximum absolute atomic E-state index is 13.6. The molecule has 0 unspecified atom stereocenters. The summed E-state index contributed by atoms with van der Waals surface area (Å²) in [6.07, 6.45) is -9.91. The van der Waals surface area contributed by atoms with Crippen LogP contribution in [0.2, 0.25) is 0 Å². The van der Waals surface area contributed by atoms with Crippen LogP contribution in [0.3, 0.4) is 0 Å². The summed E-state index contributed by atoms with van der Waals surface area (Å²) >= 11 is 0. The molecule has 4 rings (SSSR count). The van der Waals surface area contributed by atoms with Crippen LogP contribution in [0.25, 0.3) is 0 Å².